The Morgan fingerprint density at radius 1 is 1.19 bits per heavy atom. The normalized spacial score (nSPS) is 10.9. The van der Waals surface area contributed by atoms with Gasteiger partial charge in [-0.2, -0.15) is 0 Å². The maximum Gasteiger partial charge on any atom is 0.280 e. The van der Waals surface area contributed by atoms with E-state index >= 15 is 0 Å². The minimum Gasteiger partial charge on any atom is -0.493 e. The molecule has 0 aliphatic carbocycles. The average molecular weight is 355 g/mol. The molecule has 0 fully saturated rings. The molecule has 2 aromatic rings. The maximum absolute atomic E-state index is 12.3. The van der Waals surface area contributed by atoms with E-state index < -0.39 is 10.7 Å². The number of hydrogen-bond donors (Lipinski definition) is 0. The van der Waals surface area contributed by atoms with Crippen LogP contribution in [0.25, 0.3) is 6.08 Å². The van der Waals surface area contributed by atoms with Crippen molar-refractivity contribution in [3.05, 3.63) is 69.8 Å². The van der Waals surface area contributed by atoms with E-state index in [2.05, 4.69) is 0 Å². The van der Waals surface area contributed by atoms with Crippen LogP contribution >= 0.6 is 0 Å². The molecule has 0 aliphatic rings. The van der Waals surface area contributed by atoms with Gasteiger partial charge >= 0.3 is 0 Å². The average Bonchev–Trinajstić information content (AvgIpc) is 2.64. The first-order valence-corrected chi connectivity index (χ1v) is 8.19. The van der Waals surface area contributed by atoms with Crippen LogP contribution in [0.15, 0.2) is 48.5 Å². The molecule has 0 amide bonds. The molecule has 0 atom stereocenters. The van der Waals surface area contributed by atoms with Crippen molar-refractivity contribution in [2.75, 3.05) is 13.7 Å². The number of ketones is 1. The monoisotopic (exact) mass is 355 g/mol. The molecule has 0 radical (unpaired) electrons. The fraction of sp³-hybridized carbons (Fsp3) is 0.250. The van der Waals surface area contributed by atoms with E-state index in [4.69, 9.17) is 9.47 Å². The molecule has 0 saturated carbocycles. The van der Waals surface area contributed by atoms with Crippen LogP contribution in [0.3, 0.4) is 0 Å². The van der Waals surface area contributed by atoms with E-state index in [9.17, 15) is 14.9 Å². The Morgan fingerprint density at radius 2 is 1.92 bits per heavy atom. The largest absolute Gasteiger partial charge is 0.493 e. The predicted molar refractivity (Wildman–Crippen MR) is 99.8 cm³/mol. The van der Waals surface area contributed by atoms with Crippen molar-refractivity contribution in [3.63, 3.8) is 0 Å². The highest BCUT2D eigenvalue weighted by molar-refractivity contribution is 6.09. The maximum atomic E-state index is 12.3. The van der Waals surface area contributed by atoms with Gasteiger partial charge in [-0.05, 0) is 35.8 Å². The van der Waals surface area contributed by atoms with Crippen molar-refractivity contribution >= 4 is 17.5 Å². The number of methoxy groups -OCH3 is 1. The summed E-state index contributed by atoms with van der Waals surface area (Å²) in [6, 6.07) is 11.2. The molecule has 2 aromatic carbocycles. The topological polar surface area (TPSA) is 78.7 Å². The number of ether oxygens (including phenoxy) is 2. The molecular weight excluding hydrogens is 334 g/mol. The number of allylic oxidation sites excluding steroid dienone is 1. The van der Waals surface area contributed by atoms with Gasteiger partial charge < -0.3 is 9.47 Å². The van der Waals surface area contributed by atoms with Gasteiger partial charge in [-0.25, -0.2) is 0 Å². The Hall–Kier alpha value is -3.15. The summed E-state index contributed by atoms with van der Waals surface area (Å²) in [6.45, 7) is 4.63. The molecule has 26 heavy (non-hydrogen) atoms. The number of para-hydroxylation sites is 1. The van der Waals surface area contributed by atoms with Crippen LogP contribution in [-0.4, -0.2) is 24.4 Å². The standard InChI is InChI=1S/C20H21NO5/c1-14(2)13-26-20-12-15(9-11-19(20)25-3)8-10-18(22)16-6-4-5-7-17(16)21(23)24/h4-12,14H,13H2,1-3H3/b10-8+. The second-order valence-electron chi connectivity index (χ2n) is 6.09. The number of carbonyl (C=O) groups is 1. The Morgan fingerprint density at radius 3 is 2.58 bits per heavy atom. The number of rotatable bonds is 8. The molecule has 0 aliphatic heterocycles. The number of nitrogens with zero attached hydrogens (tertiary/aromatic N) is 1. The lowest BCUT2D eigenvalue weighted by molar-refractivity contribution is -0.385. The van der Waals surface area contributed by atoms with Gasteiger partial charge in [0.15, 0.2) is 17.3 Å². The van der Waals surface area contributed by atoms with Gasteiger partial charge in [-0.1, -0.05) is 38.1 Å². The van der Waals surface area contributed by atoms with E-state index in [1.54, 1.807) is 37.5 Å². The summed E-state index contributed by atoms with van der Waals surface area (Å²) < 4.78 is 11.0. The van der Waals surface area contributed by atoms with Gasteiger partial charge in [-0.15, -0.1) is 0 Å². The summed E-state index contributed by atoms with van der Waals surface area (Å²) in [5.74, 6) is 1.12. The van der Waals surface area contributed by atoms with E-state index in [0.29, 0.717) is 24.0 Å². The first kappa shape index (κ1) is 19.2. The van der Waals surface area contributed by atoms with Crippen LogP contribution in [0.5, 0.6) is 11.5 Å². The highest BCUT2D eigenvalue weighted by Gasteiger charge is 2.17. The van der Waals surface area contributed by atoms with E-state index in [1.165, 1.54) is 24.3 Å². The molecule has 0 heterocycles. The second-order valence-corrected chi connectivity index (χ2v) is 6.09. The lowest BCUT2D eigenvalue weighted by atomic mass is 10.1. The molecule has 6 nitrogen and oxygen atoms in total. The highest BCUT2D eigenvalue weighted by Crippen LogP contribution is 2.29. The van der Waals surface area contributed by atoms with Crippen LogP contribution in [0.1, 0.15) is 29.8 Å². The van der Waals surface area contributed by atoms with Gasteiger partial charge in [0, 0.05) is 6.07 Å². The quantitative estimate of drug-likeness (QED) is 0.301. The number of hydrogen-bond acceptors (Lipinski definition) is 5. The fourth-order valence-electron chi connectivity index (χ4n) is 2.27. The third-order valence-electron chi connectivity index (χ3n) is 3.55. The second kappa shape index (κ2) is 8.80. The smallest absolute Gasteiger partial charge is 0.280 e. The Bertz CT molecular complexity index is 827. The van der Waals surface area contributed by atoms with Crippen LogP contribution < -0.4 is 9.47 Å². The third-order valence-corrected chi connectivity index (χ3v) is 3.55. The molecule has 2 rings (SSSR count). The summed E-state index contributed by atoms with van der Waals surface area (Å²) in [5.41, 5.74) is 0.577. The Labute approximate surface area is 152 Å². The van der Waals surface area contributed by atoms with E-state index in [1.807, 2.05) is 13.8 Å². The summed E-state index contributed by atoms with van der Waals surface area (Å²) in [4.78, 5) is 22.8. The van der Waals surface area contributed by atoms with Crippen molar-refractivity contribution in [1.82, 2.24) is 0 Å². The molecule has 6 heteroatoms. The highest BCUT2D eigenvalue weighted by atomic mass is 16.6. The van der Waals surface area contributed by atoms with Crippen molar-refractivity contribution in [2.45, 2.75) is 13.8 Å². The first-order chi connectivity index (χ1) is 12.4. The van der Waals surface area contributed by atoms with Crippen LogP contribution in [-0.2, 0) is 0 Å². The summed E-state index contributed by atoms with van der Waals surface area (Å²) >= 11 is 0. The van der Waals surface area contributed by atoms with Gasteiger partial charge in [0.05, 0.1) is 24.2 Å². The molecule has 0 saturated heterocycles. The minimum absolute atomic E-state index is 0.0542. The number of nitro groups is 1. The third kappa shape index (κ3) is 4.92. The lowest BCUT2D eigenvalue weighted by Crippen LogP contribution is -2.05. The van der Waals surface area contributed by atoms with Crippen molar-refractivity contribution < 1.29 is 19.2 Å². The molecule has 0 N–H and O–H groups in total. The molecule has 0 unspecified atom stereocenters. The lowest BCUT2D eigenvalue weighted by Gasteiger charge is -2.13. The van der Waals surface area contributed by atoms with Crippen molar-refractivity contribution in [3.8, 4) is 11.5 Å². The summed E-state index contributed by atoms with van der Waals surface area (Å²) in [6.07, 6.45) is 2.91. The van der Waals surface area contributed by atoms with E-state index in [0.717, 1.165) is 5.56 Å². The summed E-state index contributed by atoms with van der Waals surface area (Å²) in [7, 11) is 1.56. The van der Waals surface area contributed by atoms with Crippen LogP contribution in [0.2, 0.25) is 0 Å². The number of benzene rings is 2. The van der Waals surface area contributed by atoms with Gasteiger partial charge in [0.2, 0.25) is 0 Å². The fourth-order valence-corrected chi connectivity index (χ4v) is 2.27. The zero-order valence-electron chi connectivity index (χ0n) is 15.0. The Kier molecular flexibility index (Phi) is 6.49. The zero-order chi connectivity index (χ0) is 19.1. The van der Waals surface area contributed by atoms with Gasteiger partial charge in [-0.3, -0.25) is 14.9 Å². The number of nitro benzene ring substituents is 1. The molecule has 0 aromatic heterocycles. The SMILES string of the molecule is COc1ccc(/C=C/C(=O)c2ccccc2[N+](=O)[O-])cc1OCC(C)C. The zero-order valence-corrected chi connectivity index (χ0v) is 15.0. The van der Waals surface area contributed by atoms with Crippen LogP contribution in [0.4, 0.5) is 5.69 Å². The Balaban J connectivity index is 2.23. The molecule has 136 valence electrons. The van der Waals surface area contributed by atoms with Gasteiger partial charge in [0.25, 0.3) is 5.69 Å². The minimum atomic E-state index is -0.563. The van der Waals surface area contributed by atoms with Crippen molar-refractivity contribution in [2.24, 2.45) is 5.92 Å². The predicted octanol–water partition coefficient (Wildman–Crippen LogP) is 4.53. The molecular formula is C20H21NO5. The van der Waals surface area contributed by atoms with E-state index in [-0.39, 0.29) is 11.3 Å². The van der Waals surface area contributed by atoms with Crippen LogP contribution in [0, 0.1) is 16.0 Å². The summed E-state index contributed by atoms with van der Waals surface area (Å²) in [5, 5.41) is 11.0. The first-order valence-electron chi connectivity index (χ1n) is 8.19. The van der Waals surface area contributed by atoms with Gasteiger partial charge in [0.1, 0.15) is 0 Å². The molecule has 0 bridgehead atoms. The molecule has 0 spiro atoms. The van der Waals surface area contributed by atoms with Crippen molar-refractivity contribution in [1.29, 1.82) is 0 Å². The number of carbonyl (C=O) groups excluding carboxylic acids is 1.